The summed E-state index contributed by atoms with van der Waals surface area (Å²) in [4.78, 5) is 23.9. The number of thiazole rings is 1. The van der Waals surface area contributed by atoms with Gasteiger partial charge in [0.2, 0.25) is 11.6 Å². The van der Waals surface area contributed by atoms with Crippen LogP contribution in [0.2, 0.25) is 0 Å². The summed E-state index contributed by atoms with van der Waals surface area (Å²) in [5.74, 6) is 0.288. The fourth-order valence-electron chi connectivity index (χ4n) is 3.84. The van der Waals surface area contributed by atoms with Gasteiger partial charge < -0.3 is 10.2 Å². The molecule has 1 N–H and O–H groups in total. The van der Waals surface area contributed by atoms with E-state index in [1.165, 1.54) is 11.6 Å². The van der Waals surface area contributed by atoms with Crippen LogP contribution >= 0.6 is 11.3 Å². The Morgan fingerprint density at radius 2 is 2.03 bits per heavy atom. The van der Waals surface area contributed by atoms with E-state index < -0.39 is 6.43 Å². The van der Waals surface area contributed by atoms with Gasteiger partial charge in [-0.3, -0.25) is 4.79 Å². The number of fused-ring (bicyclic) bond motifs is 1. The number of aromatic nitrogens is 4. The largest absolute Gasteiger partial charge is 0.340 e. The van der Waals surface area contributed by atoms with Crippen LogP contribution in [0.15, 0.2) is 34.5 Å². The zero-order chi connectivity index (χ0) is 22.5. The lowest BCUT2D eigenvalue weighted by atomic mass is 10.2. The first-order valence-corrected chi connectivity index (χ1v) is 11.0. The Labute approximate surface area is 186 Å². The second-order valence-corrected chi connectivity index (χ2v) is 8.92. The molecule has 0 saturated carbocycles. The SMILES string of the molecule is C[N+]1(C)N=CC(c2nc(C(F)F)cs2)=C1C(=O)Nc1ccn2nc(N3CCCC3)nc2c1. The van der Waals surface area contributed by atoms with Gasteiger partial charge in [-0.25, -0.2) is 18.3 Å². The third-order valence-electron chi connectivity index (χ3n) is 5.44. The molecule has 0 bridgehead atoms. The van der Waals surface area contributed by atoms with E-state index >= 15 is 0 Å². The van der Waals surface area contributed by atoms with Crippen molar-refractivity contribution in [2.75, 3.05) is 37.4 Å². The zero-order valence-corrected chi connectivity index (χ0v) is 18.3. The molecule has 166 valence electrons. The van der Waals surface area contributed by atoms with Gasteiger partial charge in [-0.15, -0.1) is 16.4 Å². The van der Waals surface area contributed by atoms with Gasteiger partial charge in [0.05, 0.1) is 20.3 Å². The molecular weight excluding hydrogens is 438 g/mol. The van der Waals surface area contributed by atoms with Crippen molar-refractivity contribution >= 4 is 46.3 Å². The fourth-order valence-corrected chi connectivity index (χ4v) is 4.66. The quantitative estimate of drug-likeness (QED) is 0.593. The molecule has 2 aliphatic rings. The predicted octanol–water partition coefficient (Wildman–Crippen LogP) is 3.15. The third-order valence-corrected chi connectivity index (χ3v) is 6.34. The van der Waals surface area contributed by atoms with Crippen molar-refractivity contribution in [3.05, 3.63) is 40.1 Å². The lowest BCUT2D eigenvalue weighted by Gasteiger charge is -2.20. The molecule has 3 aromatic heterocycles. The van der Waals surface area contributed by atoms with Crippen molar-refractivity contribution in [3.63, 3.8) is 0 Å². The number of amides is 1. The van der Waals surface area contributed by atoms with Crippen LogP contribution in [0.3, 0.4) is 0 Å². The van der Waals surface area contributed by atoms with Crippen molar-refractivity contribution in [1.82, 2.24) is 19.6 Å². The number of anilines is 2. The van der Waals surface area contributed by atoms with Crippen LogP contribution < -0.4 is 10.2 Å². The number of halogens is 2. The molecule has 2 aliphatic heterocycles. The summed E-state index contributed by atoms with van der Waals surface area (Å²) in [6, 6.07) is 3.49. The number of hydrogen-bond donors (Lipinski definition) is 1. The van der Waals surface area contributed by atoms with Gasteiger partial charge in [0.15, 0.2) is 5.65 Å². The maximum atomic E-state index is 13.2. The maximum Gasteiger partial charge on any atom is 0.313 e. The Morgan fingerprint density at radius 3 is 2.75 bits per heavy atom. The summed E-state index contributed by atoms with van der Waals surface area (Å²) in [6.45, 7) is 1.88. The van der Waals surface area contributed by atoms with Gasteiger partial charge in [-0.1, -0.05) is 5.10 Å². The lowest BCUT2D eigenvalue weighted by Crippen LogP contribution is -2.37. The first-order chi connectivity index (χ1) is 15.3. The third kappa shape index (κ3) is 3.65. The number of carbonyl (C=O) groups is 1. The number of rotatable bonds is 5. The van der Waals surface area contributed by atoms with Gasteiger partial charge in [0.1, 0.15) is 16.3 Å². The van der Waals surface area contributed by atoms with Crippen LogP contribution in [-0.4, -0.2) is 63.5 Å². The molecule has 0 radical (unpaired) electrons. The molecule has 5 rings (SSSR count). The molecule has 0 aromatic carbocycles. The number of alkyl halides is 2. The molecule has 5 heterocycles. The van der Waals surface area contributed by atoms with Crippen molar-refractivity contribution < 1.29 is 18.2 Å². The highest BCUT2D eigenvalue weighted by molar-refractivity contribution is 7.11. The van der Waals surface area contributed by atoms with Gasteiger partial charge >= 0.3 is 5.91 Å². The lowest BCUT2D eigenvalue weighted by molar-refractivity contribution is -0.851. The Kier molecular flexibility index (Phi) is 4.97. The van der Waals surface area contributed by atoms with Crippen molar-refractivity contribution in [3.8, 4) is 0 Å². The molecule has 0 aliphatic carbocycles. The zero-order valence-electron chi connectivity index (χ0n) is 17.5. The topological polar surface area (TPSA) is 87.8 Å². The minimum atomic E-state index is -2.67. The Balaban J connectivity index is 1.43. The minimum Gasteiger partial charge on any atom is -0.340 e. The normalized spacial score (nSPS) is 17.8. The monoisotopic (exact) mass is 459 g/mol. The van der Waals surface area contributed by atoms with Crippen LogP contribution in [0, 0.1) is 0 Å². The minimum absolute atomic E-state index is 0.0724. The first kappa shape index (κ1) is 20.6. The van der Waals surface area contributed by atoms with Crippen LogP contribution in [-0.2, 0) is 4.79 Å². The molecule has 1 amide bonds. The first-order valence-electron chi connectivity index (χ1n) is 10.1. The number of hydrogen-bond acceptors (Lipinski definition) is 7. The summed E-state index contributed by atoms with van der Waals surface area (Å²) < 4.78 is 27.6. The summed E-state index contributed by atoms with van der Waals surface area (Å²) in [5, 5.41) is 13.4. The van der Waals surface area contributed by atoms with Crippen molar-refractivity contribution in [1.29, 1.82) is 0 Å². The molecule has 3 aromatic rings. The Bertz CT molecular complexity index is 1260. The van der Waals surface area contributed by atoms with E-state index in [0.717, 1.165) is 37.3 Å². The number of nitrogens with one attached hydrogen (secondary N) is 1. The maximum absolute atomic E-state index is 13.2. The Hall–Kier alpha value is -3.25. The summed E-state index contributed by atoms with van der Waals surface area (Å²) in [6.07, 6.45) is 2.84. The van der Waals surface area contributed by atoms with E-state index in [-0.39, 0.29) is 16.2 Å². The summed E-state index contributed by atoms with van der Waals surface area (Å²) in [7, 11) is 3.48. The molecule has 0 unspecified atom stereocenters. The summed E-state index contributed by atoms with van der Waals surface area (Å²) >= 11 is 1.06. The average molecular weight is 460 g/mol. The molecular formula is C20H21F2N8OS+. The van der Waals surface area contributed by atoms with E-state index in [1.807, 2.05) is 0 Å². The van der Waals surface area contributed by atoms with Crippen LogP contribution in [0.25, 0.3) is 11.2 Å². The van der Waals surface area contributed by atoms with Gasteiger partial charge in [0.25, 0.3) is 6.43 Å². The molecule has 32 heavy (non-hydrogen) atoms. The van der Waals surface area contributed by atoms with E-state index in [9.17, 15) is 13.6 Å². The summed E-state index contributed by atoms with van der Waals surface area (Å²) in [5.41, 5.74) is 1.61. The van der Waals surface area contributed by atoms with E-state index in [0.29, 0.717) is 33.6 Å². The molecule has 1 saturated heterocycles. The molecule has 0 atom stereocenters. The highest BCUT2D eigenvalue weighted by atomic mass is 32.1. The van der Waals surface area contributed by atoms with E-state index in [1.54, 1.807) is 36.9 Å². The highest BCUT2D eigenvalue weighted by Gasteiger charge is 2.39. The number of allylic oxidation sites excluding steroid dienone is 1. The van der Waals surface area contributed by atoms with E-state index in [2.05, 4.69) is 30.4 Å². The van der Waals surface area contributed by atoms with Crippen molar-refractivity contribution in [2.45, 2.75) is 19.3 Å². The molecule has 12 heteroatoms. The highest BCUT2D eigenvalue weighted by Crippen LogP contribution is 2.33. The van der Waals surface area contributed by atoms with Crippen LogP contribution in [0.1, 0.15) is 30.0 Å². The van der Waals surface area contributed by atoms with Crippen LogP contribution in [0.4, 0.5) is 20.4 Å². The number of pyridine rings is 1. The number of carbonyl (C=O) groups excluding carboxylic acids is 1. The van der Waals surface area contributed by atoms with Gasteiger partial charge in [-0.2, -0.15) is 9.58 Å². The molecule has 0 spiro atoms. The average Bonchev–Trinajstić information content (AvgIpc) is 3.52. The second kappa shape index (κ2) is 7.71. The number of likely N-dealkylation sites (N-methyl/N-ethyl adjacent to an activating group) is 1. The molecule has 9 nitrogen and oxygen atoms in total. The standard InChI is InChI=1S/C20H20F2N8OS/c1-30(2)16(13(10-23-30)19-25-14(11-32-19)17(21)22)18(31)24-12-5-8-29-15(9-12)26-20(27-29)28-6-3-4-7-28/h5,8-11,17H,3-4,6-7H2,1-2H3/p+1. The fraction of sp³-hybridized carbons (Fsp3) is 0.350. The van der Waals surface area contributed by atoms with Crippen LogP contribution in [0.5, 0.6) is 0 Å². The number of quaternary nitrogens is 1. The number of nitrogens with zero attached hydrogens (tertiary/aromatic N) is 7. The van der Waals surface area contributed by atoms with E-state index in [4.69, 9.17) is 0 Å². The molecule has 1 fully saturated rings. The Morgan fingerprint density at radius 1 is 1.25 bits per heavy atom. The van der Waals surface area contributed by atoms with Crippen molar-refractivity contribution in [2.24, 2.45) is 5.10 Å². The second-order valence-electron chi connectivity index (χ2n) is 8.06. The predicted molar refractivity (Wildman–Crippen MR) is 118 cm³/mol. The smallest absolute Gasteiger partial charge is 0.313 e. The van der Waals surface area contributed by atoms with Gasteiger partial charge in [0, 0.05) is 36.4 Å². The van der Waals surface area contributed by atoms with Gasteiger partial charge in [-0.05, 0) is 18.9 Å².